The predicted molar refractivity (Wildman–Crippen MR) is 98.9 cm³/mol. The van der Waals surface area contributed by atoms with Crippen LogP contribution in [0.5, 0.6) is 0 Å². The second-order valence-electron chi connectivity index (χ2n) is 6.76. The summed E-state index contributed by atoms with van der Waals surface area (Å²) in [5.41, 5.74) is 0.792. The van der Waals surface area contributed by atoms with E-state index in [0.29, 0.717) is 30.9 Å². The van der Waals surface area contributed by atoms with E-state index in [-0.39, 0.29) is 25.0 Å². The first-order valence-electron chi connectivity index (χ1n) is 8.99. The molecule has 0 aliphatic carbocycles. The number of hydrogen-bond donors (Lipinski definition) is 2. The molecule has 3 amide bonds. The molecule has 0 radical (unpaired) electrons. The summed E-state index contributed by atoms with van der Waals surface area (Å²) in [5.74, 6) is -0.676. The Labute approximate surface area is 161 Å². The van der Waals surface area contributed by atoms with Crippen LogP contribution >= 0.6 is 0 Å². The summed E-state index contributed by atoms with van der Waals surface area (Å²) in [6, 6.07) is 4.44. The van der Waals surface area contributed by atoms with E-state index in [4.69, 9.17) is 4.74 Å². The van der Waals surface area contributed by atoms with Crippen LogP contribution in [0.15, 0.2) is 18.2 Å². The van der Waals surface area contributed by atoms with Gasteiger partial charge in [-0.25, -0.2) is 14.0 Å². The number of rotatable bonds is 5. The van der Waals surface area contributed by atoms with E-state index in [9.17, 15) is 18.8 Å². The third-order valence-electron chi connectivity index (χ3n) is 4.73. The standard InChI is InChI=1S/C18H23FN4O5/c1-11(24)20-8-14-10-23(18(26)28-14)13-3-4-16(15(19)7-13)22-6-5-12(9-22)21-17(25)27-2/h3-4,7,12,14H,5-6,8-10H2,1-2H3,(H,20,24)(H,21,25)/t12?,14-/m0/s1. The number of anilines is 2. The zero-order valence-corrected chi connectivity index (χ0v) is 15.7. The van der Waals surface area contributed by atoms with Crippen LogP contribution < -0.4 is 20.4 Å². The lowest BCUT2D eigenvalue weighted by Gasteiger charge is -2.21. The fourth-order valence-corrected chi connectivity index (χ4v) is 3.34. The molecule has 0 spiro atoms. The van der Waals surface area contributed by atoms with Crippen LogP contribution in [0.3, 0.4) is 0 Å². The molecule has 0 saturated carbocycles. The second kappa shape index (κ2) is 8.32. The minimum atomic E-state index is -0.578. The highest BCUT2D eigenvalue weighted by molar-refractivity contribution is 5.90. The summed E-state index contributed by atoms with van der Waals surface area (Å²) in [6.45, 7) is 2.88. The van der Waals surface area contributed by atoms with Crippen molar-refractivity contribution >= 4 is 29.5 Å². The summed E-state index contributed by atoms with van der Waals surface area (Å²) in [6.07, 6.45) is -0.891. The van der Waals surface area contributed by atoms with Gasteiger partial charge in [0.05, 0.1) is 37.6 Å². The summed E-state index contributed by atoms with van der Waals surface area (Å²) in [7, 11) is 1.30. The molecule has 2 fully saturated rings. The number of nitrogens with one attached hydrogen (secondary N) is 2. The normalized spacial score (nSPS) is 21.5. The van der Waals surface area contributed by atoms with Gasteiger partial charge in [0, 0.05) is 20.0 Å². The fraction of sp³-hybridized carbons (Fsp3) is 0.500. The van der Waals surface area contributed by atoms with Crippen LogP contribution in [0.2, 0.25) is 0 Å². The van der Waals surface area contributed by atoms with Crippen molar-refractivity contribution in [3.63, 3.8) is 0 Å². The molecule has 1 aromatic rings. The third-order valence-corrected chi connectivity index (χ3v) is 4.73. The van der Waals surface area contributed by atoms with Crippen molar-refractivity contribution in [3.8, 4) is 0 Å². The van der Waals surface area contributed by atoms with Gasteiger partial charge in [-0.2, -0.15) is 0 Å². The smallest absolute Gasteiger partial charge is 0.414 e. The average molecular weight is 394 g/mol. The van der Waals surface area contributed by atoms with Crippen molar-refractivity contribution in [2.75, 3.05) is 43.1 Å². The number of nitrogens with zero attached hydrogens (tertiary/aromatic N) is 2. The first kappa shape index (κ1) is 19.7. The zero-order valence-electron chi connectivity index (χ0n) is 15.7. The molecule has 1 aromatic carbocycles. The number of carbonyl (C=O) groups excluding carboxylic acids is 3. The molecule has 2 aliphatic heterocycles. The highest BCUT2D eigenvalue weighted by atomic mass is 19.1. The van der Waals surface area contributed by atoms with E-state index in [1.54, 1.807) is 12.1 Å². The van der Waals surface area contributed by atoms with Crippen LogP contribution in [0.25, 0.3) is 0 Å². The van der Waals surface area contributed by atoms with Crippen LogP contribution in [0.4, 0.5) is 25.4 Å². The molecule has 10 heteroatoms. The number of ether oxygens (including phenoxy) is 2. The number of amides is 3. The molecular weight excluding hydrogens is 371 g/mol. The molecule has 0 bridgehead atoms. The first-order valence-corrected chi connectivity index (χ1v) is 8.99. The molecule has 0 aromatic heterocycles. The third kappa shape index (κ3) is 4.44. The van der Waals surface area contributed by atoms with Gasteiger partial charge in [0.25, 0.3) is 0 Å². The van der Waals surface area contributed by atoms with Crippen LogP contribution in [-0.4, -0.2) is 63.5 Å². The van der Waals surface area contributed by atoms with E-state index >= 15 is 0 Å². The Bertz CT molecular complexity index is 774. The van der Waals surface area contributed by atoms with Crippen molar-refractivity contribution < 1.29 is 28.2 Å². The highest BCUT2D eigenvalue weighted by Gasteiger charge is 2.33. The molecule has 2 saturated heterocycles. The largest absolute Gasteiger partial charge is 0.453 e. The number of hydrogen-bond acceptors (Lipinski definition) is 6. The molecule has 2 heterocycles. The lowest BCUT2D eigenvalue weighted by atomic mass is 10.2. The topological polar surface area (TPSA) is 100 Å². The first-order chi connectivity index (χ1) is 13.4. The average Bonchev–Trinajstić information content (AvgIpc) is 3.26. The number of benzene rings is 1. The minimum absolute atomic E-state index is 0.116. The minimum Gasteiger partial charge on any atom is -0.453 e. The van der Waals surface area contributed by atoms with Gasteiger partial charge in [-0.05, 0) is 24.6 Å². The fourth-order valence-electron chi connectivity index (χ4n) is 3.34. The van der Waals surface area contributed by atoms with Crippen molar-refractivity contribution in [2.24, 2.45) is 0 Å². The number of cyclic esters (lactones) is 1. The van der Waals surface area contributed by atoms with Crippen LogP contribution in [0, 0.1) is 5.82 Å². The Balaban J connectivity index is 1.64. The Morgan fingerprint density at radius 1 is 1.36 bits per heavy atom. The summed E-state index contributed by atoms with van der Waals surface area (Å²) < 4.78 is 24.5. The van der Waals surface area contributed by atoms with Gasteiger partial charge < -0.3 is 25.0 Å². The van der Waals surface area contributed by atoms with Gasteiger partial charge in [0.1, 0.15) is 11.9 Å². The molecule has 1 unspecified atom stereocenters. The van der Waals surface area contributed by atoms with E-state index in [0.717, 1.165) is 0 Å². The van der Waals surface area contributed by atoms with Crippen LogP contribution in [0.1, 0.15) is 13.3 Å². The van der Waals surface area contributed by atoms with Gasteiger partial charge in [-0.3, -0.25) is 9.69 Å². The van der Waals surface area contributed by atoms with E-state index in [1.807, 2.05) is 4.90 Å². The number of carbonyl (C=O) groups is 3. The zero-order chi connectivity index (χ0) is 20.3. The molecule has 3 rings (SSSR count). The molecule has 2 aliphatic rings. The van der Waals surface area contributed by atoms with Crippen molar-refractivity contribution in [1.82, 2.24) is 10.6 Å². The predicted octanol–water partition coefficient (Wildman–Crippen LogP) is 1.22. The van der Waals surface area contributed by atoms with Crippen molar-refractivity contribution in [1.29, 1.82) is 0 Å². The van der Waals surface area contributed by atoms with E-state index < -0.39 is 24.1 Å². The quantitative estimate of drug-likeness (QED) is 0.779. The Morgan fingerprint density at radius 3 is 2.82 bits per heavy atom. The molecular formula is C18H23FN4O5. The van der Waals surface area contributed by atoms with Crippen molar-refractivity contribution in [2.45, 2.75) is 25.5 Å². The lowest BCUT2D eigenvalue weighted by Crippen LogP contribution is -2.37. The Kier molecular flexibility index (Phi) is 5.86. The molecule has 9 nitrogen and oxygen atoms in total. The monoisotopic (exact) mass is 394 g/mol. The number of methoxy groups -OCH3 is 1. The SMILES string of the molecule is COC(=O)NC1CCN(c2ccc(N3C[C@H](CNC(C)=O)OC3=O)cc2F)C1. The maximum Gasteiger partial charge on any atom is 0.414 e. The maximum atomic E-state index is 14.7. The van der Waals surface area contributed by atoms with Gasteiger partial charge >= 0.3 is 12.2 Å². The summed E-state index contributed by atoms with van der Waals surface area (Å²) >= 11 is 0. The molecule has 2 N–H and O–H groups in total. The second-order valence-corrected chi connectivity index (χ2v) is 6.76. The molecule has 152 valence electrons. The van der Waals surface area contributed by atoms with E-state index in [1.165, 1.54) is 25.0 Å². The highest BCUT2D eigenvalue weighted by Crippen LogP contribution is 2.29. The number of halogens is 1. The molecule has 2 atom stereocenters. The summed E-state index contributed by atoms with van der Waals surface area (Å²) in [5, 5.41) is 5.31. The molecule has 28 heavy (non-hydrogen) atoms. The van der Waals surface area contributed by atoms with Gasteiger partial charge in [0.15, 0.2) is 0 Å². The van der Waals surface area contributed by atoms with Crippen molar-refractivity contribution in [3.05, 3.63) is 24.0 Å². The maximum absolute atomic E-state index is 14.7. The van der Waals surface area contributed by atoms with E-state index in [2.05, 4.69) is 15.4 Å². The van der Waals surface area contributed by atoms with Crippen LogP contribution in [-0.2, 0) is 14.3 Å². The van der Waals surface area contributed by atoms with Gasteiger partial charge in [-0.1, -0.05) is 0 Å². The number of alkyl carbamates (subject to hydrolysis) is 1. The van der Waals surface area contributed by atoms with Gasteiger partial charge in [-0.15, -0.1) is 0 Å². The Hall–Kier alpha value is -3.04. The summed E-state index contributed by atoms with van der Waals surface area (Å²) in [4.78, 5) is 37.5. The lowest BCUT2D eigenvalue weighted by molar-refractivity contribution is -0.119. The van der Waals surface area contributed by atoms with Gasteiger partial charge in [0.2, 0.25) is 5.91 Å². The Morgan fingerprint density at radius 2 is 2.14 bits per heavy atom.